The van der Waals surface area contributed by atoms with E-state index in [4.69, 9.17) is 1.37 Å². The Kier molecular flexibility index (Phi) is 2.72. The van der Waals surface area contributed by atoms with E-state index < -0.39 is 0 Å². The maximum Gasteiger partial charge on any atom is 0.213 e. The van der Waals surface area contributed by atoms with Crippen molar-refractivity contribution in [3.05, 3.63) is 77.5 Å². The quantitative estimate of drug-likeness (QED) is 0.569. The molecule has 3 aromatic rings. The number of fused-ring (bicyclic) bond motifs is 3. The first kappa shape index (κ1) is 13.1. The van der Waals surface area contributed by atoms with E-state index >= 15 is 0 Å². The molecule has 1 aliphatic carbocycles. The van der Waals surface area contributed by atoms with Crippen LogP contribution in [0.3, 0.4) is 0 Å². The molecule has 0 saturated heterocycles. The molecule has 1 aliphatic rings. The van der Waals surface area contributed by atoms with E-state index in [0.29, 0.717) is 6.04 Å². The largest absolute Gasteiger partial charge is 0.213 e. The Labute approximate surface area is 139 Å². The van der Waals surface area contributed by atoms with E-state index in [-0.39, 0.29) is 5.41 Å². The second kappa shape index (κ2) is 4.79. The minimum Gasteiger partial charge on any atom is -0.201 e. The fourth-order valence-corrected chi connectivity index (χ4v) is 3.94. The van der Waals surface area contributed by atoms with Crippen LogP contribution in [0.2, 0.25) is 0 Å². The molecule has 23 heavy (non-hydrogen) atoms. The number of aromatic nitrogens is 1. The van der Waals surface area contributed by atoms with E-state index in [1.165, 1.54) is 33.4 Å². The zero-order valence-electron chi connectivity index (χ0n) is 15.1. The van der Waals surface area contributed by atoms with E-state index in [1.807, 2.05) is 18.3 Å². The highest BCUT2D eigenvalue weighted by molar-refractivity contribution is 5.92. The van der Waals surface area contributed by atoms with Crippen LogP contribution in [0.4, 0.5) is 0 Å². The van der Waals surface area contributed by atoms with Crippen LogP contribution in [0.5, 0.6) is 0 Å². The van der Waals surface area contributed by atoms with Gasteiger partial charge < -0.3 is 0 Å². The Morgan fingerprint density at radius 3 is 2.52 bits per heavy atom. The Hall–Kier alpha value is -2.41. The van der Waals surface area contributed by atoms with Crippen molar-refractivity contribution in [3.8, 4) is 22.4 Å². The average Bonchev–Trinajstić information content (AvgIpc) is 2.79. The lowest BCUT2D eigenvalue weighted by atomic mass is 9.81. The highest BCUT2D eigenvalue weighted by Gasteiger charge is 2.38. The van der Waals surface area contributed by atoms with Crippen molar-refractivity contribution in [1.82, 2.24) is 0 Å². The smallest absolute Gasteiger partial charge is 0.201 e. The molecule has 0 aliphatic heterocycles. The molecule has 0 spiro atoms. The zero-order chi connectivity index (χ0) is 17.1. The summed E-state index contributed by atoms with van der Waals surface area (Å²) < 4.78 is 10.2. The van der Waals surface area contributed by atoms with Crippen molar-refractivity contribution >= 4 is 0 Å². The second-order valence-corrected chi connectivity index (χ2v) is 6.97. The van der Waals surface area contributed by atoms with Crippen LogP contribution in [0.25, 0.3) is 22.4 Å². The Morgan fingerprint density at radius 2 is 1.70 bits per heavy atom. The molecule has 0 amide bonds. The minimum atomic E-state index is 0.00548. The van der Waals surface area contributed by atoms with Gasteiger partial charge in [0, 0.05) is 23.1 Å². The lowest BCUT2D eigenvalue weighted by Gasteiger charge is -2.21. The number of pyridine rings is 1. The Bertz CT molecular complexity index is 970. The van der Waals surface area contributed by atoms with Gasteiger partial charge in [0.2, 0.25) is 5.69 Å². The summed E-state index contributed by atoms with van der Waals surface area (Å²) >= 11 is 0. The van der Waals surface area contributed by atoms with Crippen molar-refractivity contribution in [1.29, 1.82) is 0 Å². The van der Waals surface area contributed by atoms with Gasteiger partial charge in [-0.15, -0.1) is 0 Å². The first-order valence-electron chi connectivity index (χ1n) is 8.62. The summed E-state index contributed by atoms with van der Waals surface area (Å²) in [6.45, 7) is 6.77. The maximum absolute atomic E-state index is 8.06. The van der Waals surface area contributed by atoms with Crippen molar-refractivity contribution in [2.75, 3.05) is 0 Å². The maximum atomic E-state index is 8.06. The van der Waals surface area contributed by atoms with Crippen molar-refractivity contribution < 1.29 is 5.94 Å². The Morgan fingerprint density at radius 1 is 0.913 bits per heavy atom. The topological polar surface area (TPSA) is 3.88 Å². The molecule has 0 fully saturated rings. The molecule has 2 aromatic carbocycles. The summed E-state index contributed by atoms with van der Waals surface area (Å²) in [5, 5.41) is 0. The van der Waals surface area contributed by atoms with E-state index in [1.54, 1.807) is 0 Å². The fraction of sp³-hybridized carbons (Fsp3) is 0.227. The van der Waals surface area contributed by atoms with Gasteiger partial charge in [-0.25, -0.2) is 4.57 Å². The lowest BCUT2D eigenvalue weighted by molar-refractivity contribution is -0.660. The first-order valence-corrected chi connectivity index (χ1v) is 8.12. The van der Waals surface area contributed by atoms with Gasteiger partial charge in [-0.05, 0) is 35.2 Å². The number of rotatable bonds is 1. The Balaban J connectivity index is 2.14. The van der Waals surface area contributed by atoms with Crippen molar-refractivity contribution in [2.45, 2.75) is 26.2 Å². The number of benzene rings is 2. The monoisotopic (exact) mass is 301 g/mol. The number of aryl methyl sites for hydroxylation is 2. The van der Waals surface area contributed by atoms with E-state index in [9.17, 15) is 0 Å². The van der Waals surface area contributed by atoms with Crippen LogP contribution < -0.4 is 4.57 Å². The van der Waals surface area contributed by atoms with Gasteiger partial charge in [-0.3, -0.25) is 0 Å². The first-order chi connectivity index (χ1) is 11.4. The van der Waals surface area contributed by atoms with Crippen LogP contribution in [0.1, 0.15) is 31.9 Å². The molecule has 1 nitrogen and oxygen atoms in total. The molecule has 1 heterocycles. The highest BCUT2D eigenvalue weighted by Crippen LogP contribution is 2.52. The van der Waals surface area contributed by atoms with E-state index in [2.05, 4.69) is 68.8 Å². The molecule has 1 heteroatoms. The zero-order valence-corrected chi connectivity index (χ0v) is 14.1. The third-order valence-corrected chi connectivity index (χ3v) is 5.21. The minimum absolute atomic E-state index is 0.00548. The summed E-state index contributed by atoms with van der Waals surface area (Å²) in [4.78, 5) is 0. The van der Waals surface area contributed by atoms with E-state index in [0.717, 1.165) is 5.69 Å². The van der Waals surface area contributed by atoms with Gasteiger partial charge in [0.15, 0.2) is 6.20 Å². The summed E-state index contributed by atoms with van der Waals surface area (Å²) in [7, 11) is 2.06. The van der Waals surface area contributed by atoms with Gasteiger partial charge >= 0.3 is 0 Å². The van der Waals surface area contributed by atoms with Gasteiger partial charge in [0.25, 0.3) is 0 Å². The molecule has 4 rings (SSSR count). The fourth-order valence-electron chi connectivity index (χ4n) is 3.94. The van der Waals surface area contributed by atoms with Crippen molar-refractivity contribution in [3.63, 3.8) is 0 Å². The van der Waals surface area contributed by atoms with Gasteiger partial charge in [-0.2, -0.15) is 0 Å². The van der Waals surface area contributed by atoms with Crippen LogP contribution in [-0.4, -0.2) is 0 Å². The molecule has 0 bridgehead atoms. The molecule has 114 valence electrons. The molecule has 0 N–H and O–H groups in total. The average molecular weight is 301 g/mol. The molecular weight excluding hydrogens is 278 g/mol. The molecule has 0 atom stereocenters. The summed E-state index contributed by atoms with van der Waals surface area (Å²) in [6.07, 6.45) is 1.97. The molecular formula is C22H22N+. The second-order valence-electron chi connectivity index (χ2n) is 6.97. The van der Waals surface area contributed by atoms with Crippen LogP contribution in [0, 0.1) is 6.92 Å². The third-order valence-electron chi connectivity index (χ3n) is 5.21. The van der Waals surface area contributed by atoms with Crippen molar-refractivity contribution in [2.24, 2.45) is 7.05 Å². The normalized spacial score (nSPS) is 15.0. The molecule has 0 saturated carbocycles. The van der Waals surface area contributed by atoms with Crippen LogP contribution in [0.15, 0.2) is 60.8 Å². The summed E-state index contributed by atoms with van der Waals surface area (Å²) in [6, 6.07) is 17.6. The standard InChI is InChI=1S/C22H22N/c1-15-12-13-18-21(20(15)19-11-7-8-14-23(19)4)16-9-5-6-10-17(16)22(18,2)3/h5-14H,1-4H3/q+1/i7D. The summed E-state index contributed by atoms with van der Waals surface area (Å²) in [5.41, 5.74) is 9.03. The number of hydrogen-bond donors (Lipinski definition) is 0. The van der Waals surface area contributed by atoms with Crippen LogP contribution >= 0.6 is 0 Å². The summed E-state index contributed by atoms with van der Waals surface area (Å²) in [5.74, 6) is 0. The number of nitrogens with zero attached hydrogens (tertiary/aromatic N) is 1. The highest BCUT2D eigenvalue weighted by atomic mass is 14.9. The molecule has 1 aromatic heterocycles. The predicted octanol–water partition coefficient (Wildman–Crippen LogP) is 4.79. The number of hydrogen-bond acceptors (Lipinski definition) is 0. The third kappa shape index (κ3) is 1.89. The lowest BCUT2D eigenvalue weighted by Crippen LogP contribution is -2.30. The van der Waals surface area contributed by atoms with Gasteiger partial charge in [0.05, 0.1) is 6.93 Å². The van der Waals surface area contributed by atoms with Crippen LogP contribution in [-0.2, 0) is 12.5 Å². The predicted molar refractivity (Wildman–Crippen MR) is 95.4 cm³/mol. The molecule has 0 radical (unpaired) electrons. The molecule has 0 unspecified atom stereocenters. The SMILES string of the molecule is [2H]c1cc[n+](C)c(-c2c(C)ccc3c2-c2ccccc2C3(C)C)c1. The van der Waals surface area contributed by atoms with Gasteiger partial charge in [-0.1, -0.05) is 50.2 Å². The van der Waals surface area contributed by atoms with Gasteiger partial charge in [0.1, 0.15) is 7.05 Å².